The van der Waals surface area contributed by atoms with Gasteiger partial charge >= 0.3 is 0 Å². The standard InChI is InChI=1S/C21H27Br2NO/c1-2-3-4-5-9-12-24-15-18-13-19(22)21(20(23)14-18)25-16-17-10-7-6-8-11-17/h6-8,10-11,13-14,24H,2-5,9,12,15-16H2,1H3. The number of benzene rings is 2. The van der Waals surface area contributed by atoms with E-state index in [-0.39, 0.29) is 0 Å². The summed E-state index contributed by atoms with van der Waals surface area (Å²) < 4.78 is 7.94. The Bertz CT molecular complexity index is 608. The van der Waals surface area contributed by atoms with Gasteiger partial charge in [-0.25, -0.2) is 0 Å². The van der Waals surface area contributed by atoms with Crippen molar-refractivity contribution < 1.29 is 4.74 Å². The molecule has 2 aromatic carbocycles. The molecular formula is C21H27Br2NO. The van der Waals surface area contributed by atoms with E-state index in [1.165, 1.54) is 37.7 Å². The molecule has 0 saturated carbocycles. The summed E-state index contributed by atoms with van der Waals surface area (Å²) in [5, 5.41) is 3.53. The van der Waals surface area contributed by atoms with Crippen LogP contribution in [0.4, 0.5) is 0 Å². The molecule has 0 aliphatic heterocycles. The van der Waals surface area contributed by atoms with Crippen LogP contribution < -0.4 is 10.1 Å². The highest BCUT2D eigenvalue weighted by molar-refractivity contribution is 9.11. The van der Waals surface area contributed by atoms with Crippen molar-refractivity contribution >= 4 is 31.9 Å². The van der Waals surface area contributed by atoms with Crippen LogP contribution in [0.2, 0.25) is 0 Å². The average Bonchev–Trinajstić information content (AvgIpc) is 2.61. The Morgan fingerprint density at radius 2 is 1.56 bits per heavy atom. The number of hydrogen-bond acceptors (Lipinski definition) is 2. The van der Waals surface area contributed by atoms with Gasteiger partial charge in [0.15, 0.2) is 0 Å². The van der Waals surface area contributed by atoms with Crippen LogP contribution in [0.1, 0.15) is 50.2 Å². The number of ether oxygens (including phenoxy) is 1. The molecule has 0 aromatic heterocycles. The molecule has 2 aromatic rings. The first-order valence-corrected chi connectivity index (χ1v) is 10.6. The van der Waals surface area contributed by atoms with Gasteiger partial charge in [-0.05, 0) is 68.1 Å². The van der Waals surface area contributed by atoms with Crippen molar-refractivity contribution in [2.24, 2.45) is 0 Å². The van der Waals surface area contributed by atoms with E-state index in [1.807, 2.05) is 18.2 Å². The first-order valence-electron chi connectivity index (χ1n) is 9.06. The second-order valence-corrected chi connectivity index (χ2v) is 7.96. The van der Waals surface area contributed by atoms with Crippen LogP contribution in [0.5, 0.6) is 5.75 Å². The number of hydrogen-bond donors (Lipinski definition) is 1. The highest BCUT2D eigenvalue weighted by Crippen LogP contribution is 2.35. The molecule has 25 heavy (non-hydrogen) atoms. The van der Waals surface area contributed by atoms with Crippen LogP contribution in [0.3, 0.4) is 0 Å². The first kappa shape index (κ1) is 20.5. The van der Waals surface area contributed by atoms with Crippen LogP contribution in [0, 0.1) is 0 Å². The fraction of sp³-hybridized carbons (Fsp3) is 0.429. The minimum atomic E-state index is 0.563. The number of unbranched alkanes of at least 4 members (excludes halogenated alkanes) is 4. The molecule has 0 heterocycles. The molecule has 2 nitrogen and oxygen atoms in total. The maximum Gasteiger partial charge on any atom is 0.148 e. The second-order valence-electron chi connectivity index (χ2n) is 6.25. The van der Waals surface area contributed by atoms with Gasteiger partial charge < -0.3 is 10.1 Å². The molecule has 0 saturated heterocycles. The molecule has 0 aliphatic rings. The molecule has 0 fully saturated rings. The molecule has 1 N–H and O–H groups in total. The van der Waals surface area contributed by atoms with Crippen molar-refractivity contribution in [3.05, 3.63) is 62.5 Å². The van der Waals surface area contributed by atoms with Crippen molar-refractivity contribution in [1.29, 1.82) is 0 Å². The summed E-state index contributed by atoms with van der Waals surface area (Å²) in [6.07, 6.45) is 6.57. The molecule has 0 spiro atoms. The summed E-state index contributed by atoms with van der Waals surface area (Å²) in [6.45, 7) is 4.77. The van der Waals surface area contributed by atoms with Gasteiger partial charge in [-0.1, -0.05) is 62.9 Å². The van der Waals surface area contributed by atoms with E-state index in [4.69, 9.17) is 4.74 Å². The molecule has 2 rings (SSSR count). The lowest BCUT2D eigenvalue weighted by molar-refractivity contribution is 0.302. The van der Waals surface area contributed by atoms with Gasteiger partial charge in [0.2, 0.25) is 0 Å². The zero-order chi connectivity index (χ0) is 17.9. The monoisotopic (exact) mass is 467 g/mol. The fourth-order valence-electron chi connectivity index (χ4n) is 2.67. The van der Waals surface area contributed by atoms with Gasteiger partial charge in [-0.3, -0.25) is 0 Å². The van der Waals surface area contributed by atoms with E-state index >= 15 is 0 Å². The molecule has 4 heteroatoms. The maximum atomic E-state index is 5.98. The van der Waals surface area contributed by atoms with Crippen molar-refractivity contribution in [3.63, 3.8) is 0 Å². The molecule has 0 amide bonds. The Hall–Kier alpha value is -0.840. The zero-order valence-corrected chi connectivity index (χ0v) is 18.0. The normalized spacial score (nSPS) is 10.8. The first-order chi connectivity index (χ1) is 12.2. The minimum absolute atomic E-state index is 0.563. The smallest absolute Gasteiger partial charge is 0.148 e. The maximum absolute atomic E-state index is 5.98. The summed E-state index contributed by atoms with van der Waals surface area (Å²) in [5.41, 5.74) is 2.41. The van der Waals surface area contributed by atoms with Crippen molar-refractivity contribution in [2.75, 3.05) is 6.54 Å². The summed E-state index contributed by atoms with van der Waals surface area (Å²) in [5.74, 6) is 0.854. The number of nitrogens with one attached hydrogen (secondary N) is 1. The van der Waals surface area contributed by atoms with Crippen molar-refractivity contribution in [1.82, 2.24) is 5.32 Å². The SMILES string of the molecule is CCCCCCCNCc1cc(Br)c(OCc2ccccc2)c(Br)c1. The average molecular weight is 469 g/mol. The van der Waals surface area contributed by atoms with E-state index in [2.05, 4.69) is 68.4 Å². The predicted octanol–water partition coefficient (Wildman–Crippen LogP) is 6.85. The molecule has 0 unspecified atom stereocenters. The van der Waals surface area contributed by atoms with E-state index in [0.29, 0.717) is 6.61 Å². The summed E-state index contributed by atoms with van der Waals surface area (Å²) in [4.78, 5) is 0. The highest BCUT2D eigenvalue weighted by atomic mass is 79.9. The third kappa shape index (κ3) is 7.51. The van der Waals surface area contributed by atoms with Crippen LogP contribution in [-0.2, 0) is 13.2 Å². The van der Waals surface area contributed by atoms with Crippen molar-refractivity contribution in [2.45, 2.75) is 52.2 Å². The Kier molecular flexibility index (Phi) is 9.59. The molecule has 0 bridgehead atoms. The minimum Gasteiger partial charge on any atom is -0.487 e. The second kappa shape index (κ2) is 11.7. The largest absolute Gasteiger partial charge is 0.487 e. The van der Waals surface area contributed by atoms with Gasteiger partial charge in [-0.2, -0.15) is 0 Å². The van der Waals surface area contributed by atoms with Gasteiger partial charge in [0.25, 0.3) is 0 Å². The molecular weight excluding hydrogens is 442 g/mol. The lowest BCUT2D eigenvalue weighted by Crippen LogP contribution is -2.14. The number of rotatable bonds is 11. The molecule has 0 atom stereocenters. The lowest BCUT2D eigenvalue weighted by Gasteiger charge is -2.13. The van der Waals surface area contributed by atoms with Crippen molar-refractivity contribution in [3.8, 4) is 5.75 Å². The van der Waals surface area contributed by atoms with E-state index in [0.717, 1.165) is 33.3 Å². The Labute approximate surface area is 168 Å². The summed E-state index contributed by atoms with van der Waals surface area (Å²) in [7, 11) is 0. The van der Waals surface area contributed by atoms with Gasteiger partial charge in [-0.15, -0.1) is 0 Å². The van der Waals surface area contributed by atoms with Crippen LogP contribution in [0.25, 0.3) is 0 Å². The Morgan fingerprint density at radius 1 is 0.880 bits per heavy atom. The van der Waals surface area contributed by atoms with Gasteiger partial charge in [0.1, 0.15) is 12.4 Å². The fourth-order valence-corrected chi connectivity index (χ4v) is 4.18. The third-order valence-corrected chi connectivity index (χ3v) is 5.25. The third-order valence-electron chi connectivity index (χ3n) is 4.07. The highest BCUT2D eigenvalue weighted by Gasteiger charge is 2.09. The zero-order valence-electron chi connectivity index (χ0n) is 14.9. The molecule has 136 valence electrons. The van der Waals surface area contributed by atoms with E-state index < -0.39 is 0 Å². The van der Waals surface area contributed by atoms with E-state index in [9.17, 15) is 0 Å². The van der Waals surface area contributed by atoms with Gasteiger partial charge in [0.05, 0.1) is 8.95 Å². The topological polar surface area (TPSA) is 21.3 Å². The molecule has 0 radical (unpaired) electrons. The van der Waals surface area contributed by atoms with E-state index in [1.54, 1.807) is 0 Å². The summed E-state index contributed by atoms with van der Waals surface area (Å²) in [6, 6.07) is 14.5. The Morgan fingerprint density at radius 3 is 2.24 bits per heavy atom. The van der Waals surface area contributed by atoms with Gasteiger partial charge in [0, 0.05) is 6.54 Å². The van der Waals surface area contributed by atoms with Crippen LogP contribution in [0.15, 0.2) is 51.4 Å². The predicted molar refractivity (Wildman–Crippen MR) is 113 cm³/mol. The lowest BCUT2D eigenvalue weighted by atomic mass is 10.1. The Balaban J connectivity index is 1.80. The quantitative estimate of drug-likeness (QED) is 0.364. The molecule has 0 aliphatic carbocycles. The van der Waals surface area contributed by atoms with Crippen LogP contribution >= 0.6 is 31.9 Å². The number of halogens is 2. The van der Waals surface area contributed by atoms with Crippen LogP contribution in [-0.4, -0.2) is 6.54 Å². The summed E-state index contributed by atoms with van der Waals surface area (Å²) >= 11 is 7.28.